The summed E-state index contributed by atoms with van der Waals surface area (Å²) in [5.41, 5.74) is 1.34. The van der Waals surface area contributed by atoms with E-state index in [0.717, 1.165) is 10.0 Å². The van der Waals surface area contributed by atoms with E-state index < -0.39 is 0 Å². The molecule has 0 aliphatic carbocycles. The molecule has 0 spiro atoms. The molecule has 2 heterocycles. The maximum absolute atomic E-state index is 6.03. The van der Waals surface area contributed by atoms with Crippen molar-refractivity contribution in [3.8, 4) is 11.3 Å². The van der Waals surface area contributed by atoms with Gasteiger partial charge in [-0.3, -0.25) is 0 Å². The Morgan fingerprint density at radius 2 is 1.78 bits per heavy atom. The van der Waals surface area contributed by atoms with Crippen molar-refractivity contribution in [3.63, 3.8) is 0 Å². The fourth-order valence-electron chi connectivity index (χ4n) is 1.65. The minimum absolute atomic E-state index is 0.357. The van der Waals surface area contributed by atoms with E-state index in [9.17, 15) is 0 Å². The number of hydrogen-bond acceptors (Lipinski definition) is 3. The van der Waals surface area contributed by atoms with Gasteiger partial charge in [-0.15, -0.1) is 0 Å². The van der Waals surface area contributed by atoms with E-state index in [1.54, 1.807) is 12.1 Å². The summed E-state index contributed by atoms with van der Waals surface area (Å²) in [5, 5.41) is 1.70. The third-order valence-corrected chi connectivity index (χ3v) is 3.79. The van der Waals surface area contributed by atoms with Crippen LogP contribution in [0.4, 0.5) is 0 Å². The SMILES string of the molecule is Clc1ccc(-c2oc3ncnc(Cl)c3c2Br)cc1. The van der Waals surface area contributed by atoms with E-state index in [2.05, 4.69) is 25.9 Å². The average Bonchev–Trinajstić information content (AvgIpc) is 2.69. The van der Waals surface area contributed by atoms with Gasteiger partial charge in [0.25, 0.3) is 0 Å². The van der Waals surface area contributed by atoms with Gasteiger partial charge in [0.1, 0.15) is 11.5 Å². The van der Waals surface area contributed by atoms with Gasteiger partial charge < -0.3 is 4.42 Å². The molecule has 3 aromatic rings. The molecule has 3 rings (SSSR count). The van der Waals surface area contributed by atoms with E-state index in [1.807, 2.05) is 12.1 Å². The smallest absolute Gasteiger partial charge is 0.232 e. The lowest BCUT2D eigenvalue weighted by molar-refractivity contribution is 0.616. The van der Waals surface area contributed by atoms with Gasteiger partial charge in [0.15, 0.2) is 5.76 Å². The Bertz CT molecular complexity index is 725. The molecule has 0 aliphatic rings. The minimum Gasteiger partial charge on any atom is -0.436 e. The van der Waals surface area contributed by atoms with Crippen LogP contribution in [-0.4, -0.2) is 9.97 Å². The van der Waals surface area contributed by atoms with Crippen LogP contribution in [0.3, 0.4) is 0 Å². The van der Waals surface area contributed by atoms with E-state index in [0.29, 0.717) is 27.0 Å². The third kappa shape index (κ3) is 1.90. The largest absolute Gasteiger partial charge is 0.436 e. The first-order valence-corrected chi connectivity index (χ1v) is 6.56. The standard InChI is InChI=1S/C12H5BrCl2N2O/c13-9-8-11(15)16-5-17-12(8)18-10(9)6-1-3-7(14)4-2-6/h1-5H. The molecule has 90 valence electrons. The topological polar surface area (TPSA) is 38.9 Å². The van der Waals surface area contributed by atoms with Crippen LogP contribution >= 0.6 is 39.1 Å². The van der Waals surface area contributed by atoms with Crippen molar-refractivity contribution >= 4 is 50.2 Å². The molecule has 2 aromatic heterocycles. The van der Waals surface area contributed by atoms with Crippen LogP contribution in [0.25, 0.3) is 22.4 Å². The Morgan fingerprint density at radius 3 is 2.44 bits per heavy atom. The van der Waals surface area contributed by atoms with Gasteiger partial charge in [-0.2, -0.15) is 0 Å². The summed E-state index contributed by atoms with van der Waals surface area (Å²) in [4.78, 5) is 7.98. The van der Waals surface area contributed by atoms with Crippen LogP contribution in [-0.2, 0) is 0 Å². The Labute approximate surface area is 121 Å². The fourth-order valence-corrected chi connectivity index (χ4v) is 2.78. The van der Waals surface area contributed by atoms with Gasteiger partial charge >= 0.3 is 0 Å². The highest BCUT2D eigenvalue weighted by Crippen LogP contribution is 2.39. The number of hydrogen-bond donors (Lipinski definition) is 0. The van der Waals surface area contributed by atoms with E-state index in [4.69, 9.17) is 27.6 Å². The van der Waals surface area contributed by atoms with Gasteiger partial charge in [-0.25, -0.2) is 9.97 Å². The quantitative estimate of drug-likeness (QED) is 0.586. The zero-order valence-electron chi connectivity index (χ0n) is 8.82. The van der Waals surface area contributed by atoms with Gasteiger partial charge in [0.05, 0.1) is 9.86 Å². The maximum atomic E-state index is 6.03. The van der Waals surface area contributed by atoms with Crippen molar-refractivity contribution in [2.45, 2.75) is 0 Å². The minimum atomic E-state index is 0.357. The molecule has 0 atom stereocenters. The predicted octanol–water partition coefficient (Wildman–Crippen LogP) is 4.96. The average molecular weight is 344 g/mol. The molecule has 0 fully saturated rings. The lowest BCUT2D eigenvalue weighted by Crippen LogP contribution is -1.78. The van der Waals surface area contributed by atoms with Crippen LogP contribution in [0.1, 0.15) is 0 Å². The number of nitrogens with zero attached hydrogens (tertiary/aromatic N) is 2. The zero-order valence-corrected chi connectivity index (χ0v) is 11.9. The highest BCUT2D eigenvalue weighted by atomic mass is 79.9. The molecule has 18 heavy (non-hydrogen) atoms. The molecular weight excluding hydrogens is 339 g/mol. The maximum Gasteiger partial charge on any atom is 0.232 e. The first kappa shape index (κ1) is 12.0. The number of fused-ring (bicyclic) bond motifs is 1. The van der Waals surface area contributed by atoms with Crippen molar-refractivity contribution < 1.29 is 4.42 Å². The first-order valence-electron chi connectivity index (χ1n) is 5.01. The number of halogens is 3. The lowest BCUT2D eigenvalue weighted by atomic mass is 10.2. The monoisotopic (exact) mass is 342 g/mol. The van der Waals surface area contributed by atoms with Crippen LogP contribution in [0, 0.1) is 0 Å². The van der Waals surface area contributed by atoms with E-state index in [-0.39, 0.29) is 0 Å². The van der Waals surface area contributed by atoms with Crippen molar-refractivity contribution in [1.29, 1.82) is 0 Å². The summed E-state index contributed by atoms with van der Waals surface area (Å²) in [7, 11) is 0. The molecule has 0 saturated heterocycles. The van der Waals surface area contributed by atoms with Crippen LogP contribution < -0.4 is 0 Å². The van der Waals surface area contributed by atoms with E-state index in [1.165, 1.54) is 6.33 Å². The van der Waals surface area contributed by atoms with Gasteiger partial charge in [0.2, 0.25) is 5.71 Å². The third-order valence-electron chi connectivity index (χ3n) is 2.49. The molecule has 0 radical (unpaired) electrons. The number of rotatable bonds is 1. The van der Waals surface area contributed by atoms with E-state index >= 15 is 0 Å². The van der Waals surface area contributed by atoms with Crippen molar-refractivity contribution in [3.05, 3.63) is 45.2 Å². The van der Waals surface area contributed by atoms with Crippen LogP contribution in [0.15, 0.2) is 39.5 Å². The van der Waals surface area contributed by atoms with Crippen molar-refractivity contribution in [2.75, 3.05) is 0 Å². The highest BCUT2D eigenvalue weighted by molar-refractivity contribution is 9.10. The number of aromatic nitrogens is 2. The molecule has 0 saturated carbocycles. The zero-order chi connectivity index (χ0) is 12.7. The summed E-state index contributed by atoms with van der Waals surface area (Å²) in [5.74, 6) is 0.657. The highest BCUT2D eigenvalue weighted by Gasteiger charge is 2.17. The van der Waals surface area contributed by atoms with Gasteiger partial charge in [-0.05, 0) is 40.2 Å². The molecule has 0 bridgehead atoms. The Hall–Kier alpha value is -1.10. The summed E-state index contributed by atoms with van der Waals surface area (Å²) in [6, 6.07) is 7.33. The second-order valence-electron chi connectivity index (χ2n) is 3.60. The van der Waals surface area contributed by atoms with Crippen LogP contribution in [0.2, 0.25) is 10.2 Å². The molecule has 1 aromatic carbocycles. The van der Waals surface area contributed by atoms with Gasteiger partial charge in [0, 0.05) is 10.6 Å². The molecule has 0 amide bonds. The Kier molecular flexibility index (Phi) is 3.01. The van der Waals surface area contributed by atoms with Crippen LogP contribution in [0.5, 0.6) is 0 Å². The van der Waals surface area contributed by atoms with Crippen molar-refractivity contribution in [2.24, 2.45) is 0 Å². The Balaban J connectivity index is 2.27. The van der Waals surface area contributed by atoms with Crippen molar-refractivity contribution in [1.82, 2.24) is 9.97 Å². The summed E-state index contributed by atoms with van der Waals surface area (Å²) >= 11 is 15.3. The molecular formula is C12H5BrCl2N2O. The summed E-state index contributed by atoms with van der Waals surface area (Å²) < 4.78 is 6.42. The second-order valence-corrected chi connectivity index (χ2v) is 5.18. The van der Waals surface area contributed by atoms with Gasteiger partial charge in [-0.1, -0.05) is 23.2 Å². The predicted molar refractivity (Wildman–Crippen MR) is 75.0 cm³/mol. The molecule has 3 nitrogen and oxygen atoms in total. The number of furan rings is 1. The second kappa shape index (κ2) is 4.53. The fraction of sp³-hybridized carbons (Fsp3) is 0. The lowest BCUT2D eigenvalue weighted by Gasteiger charge is -1.97. The molecule has 0 aliphatic heterocycles. The summed E-state index contributed by atoms with van der Waals surface area (Å²) in [6.07, 6.45) is 1.37. The molecule has 0 N–H and O–H groups in total. The first-order chi connectivity index (χ1) is 8.66. The molecule has 6 heteroatoms. The molecule has 0 unspecified atom stereocenters. The summed E-state index contributed by atoms with van der Waals surface area (Å²) in [6.45, 7) is 0. The normalized spacial score (nSPS) is 11.1. The number of benzene rings is 1. The Morgan fingerprint density at radius 1 is 1.06 bits per heavy atom.